The van der Waals surface area contributed by atoms with Gasteiger partial charge in [0.1, 0.15) is 11.5 Å². The Kier molecular flexibility index (Phi) is 7.28. The molecule has 0 saturated carbocycles. The Hall–Kier alpha value is -2.05. The number of aliphatic hydroxyl groups excluding tert-OH is 1. The highest BCUT2D eigenvalue weighted by Gasteiger charge is 2.16. The van der Waals surface area contributed by atoms with Gasteiger partial charge in [0.25, 0.3) is 5.91 Å². The summed E-state index contributed by atoms with van der Waals surface area (Å²) in [5.41, 5.74) is 1.41. The molecule has 2 aromatic carbocycles. The molecule has 2 rings (SSSR count). The fraction of sp³-hybridized carbons (Fsp3) is 0.316. The number of benzene rings is 2. The van der Waals surface area contributed by atoms with Crippen molar-refractivity contribution in [2.45, 2.75) is 19.4 Å². The van der Waals surface area contributed by atoms with Crippen LogP contribution in [0.25, 0.3) is 0 Å². The van der Waals surface area contributed by atoms with Crippen LogP contribution in [-0.2, 0) is 0 Å². The molecule has 0 aromatic heterocycles. The summed E-state index contributed by atoms with van der Waals surface area (Å²) in [7, 11) is 1.57. The molecular weight excluding hydrogens is 386 g/mol. The van der Waals surface area contributed by atoms with E-state index in [2.05, 4.69) is 21.2 Å². The van der Waals surface area contributed by atoms with Gasteiger partial charge in [-0.25, -0.2) is 0 Å². The van der Waals surface area contributed by atoms with Crippen LogP contribution in [0.5, 0.6) is 11.5 Å². The molecule has 0 radical (unpaired) electrons. The van der Waals surface area contributed by atoms with E-state index in [-0.39, 0.29) is 18.6 Å². The van der Waals surface area contributed by atoms with Gasteiger partial charge in [-0.05, 0) is 37.3 Å². The number of carbonyl (C=O) groups is 1. The number of nitrogens with one attached hydrogen (secondary N) is 1. The van der Waals surface area contributed by atoms with Crippen molar-refractivity contribution in [3.63, 3.8) is 0 Å². The molecule has 0 aliphatic heterocycles. The zero-order chi connectivity index (χ0) is 18.2. The largest absolute Gasteiger partial charge is 0.497 e. The maximum absolute atomic E-state index is 12.5. The summed E-state index contributed by atoms with van der Waals surface area (Å²) >= 11 is 3.43. The summed E-state index contributed by atoms with van der Waals surface area (Å²) in [6.45, 7) is 2.39. The minimum Gasteiger partial charge on any atom is -0.497 e. The van der Waals surface area contributed by atoms with Crippen LogP contribution < -0.4 is 14.8 Å². The van der Waals surface area contributed by atoms with Crippen LogP contribution in [0.2, 0.25) is 0 Å². The lowest BCUT2D eigenvalue weighted by Gasteiger charge is -2.19. The van der Waals surface area contributed by atoms with Gasteiger partial charge in [0, 0.05) is 28.6 Å². The summed E-state index contributed by atoms with van der Waals surface area (Å²) in [5, 5.41) is 11.9. The number of amides is 1. The van der Waals surface area contributed by atoms with Gasteiger partial charge in [0.15, 0.2) is 0 Å². The lowest BCUT2D eigenvalue weighted by Crippen LogP contribution is -2.27. The Labute approximate surface area is 156 Å². The molecule has 134 valence electrons. The molecule has 2 N–H and O–H groups in total. The van der Waals surface area contributed by atoms with E-state index in [1.165, 1.54) is 0 Å². The summed E-state index contributed by atoms with van der Waals surface area (Å²) in [6.07, 6.45) is 0.552. The van der Waals surface area contributed by atoms with E-state index >= 15 is 0 Å². The predicted octanol–water partition coefficient (Wildman–Crippen LogP) is 3.71. The van der Waals surface area contributed by atoms with Crippen LogP contribution in [-0.4, -0.2) is 31.3 Å². The molecule has 6 heteroatoms. The summed E-state index contributed by atoms with van der Waals surface area (Å²) in [5.74, 6) is 1.13. The van der Waals surface area contributed by atoms with Gasteiger partial charge in [-0.1, -0.05) is 28.1 Å². The maximum Gasteiger partial charge on any atom is 0.251 e. The smallest absolute Gasteiger partial charge is 0.251 e. The van der Waals surface area contributed by atoms with Gasteiger partial charge in [0.2, 0.25) is 0 Å². The fourth-order valence-electron chi connectivity index (χ4n) is 2.36. The van der Waals surface area contributed by atoms with E-state index in [0.29, 0.717) is 30.1 Å². The first-order valence-electron chi connectivity index (χ1n) is 8.03. The van der Waals surface area contributed by atoms with Crippen molar-refractivity contribution in [3.8, 4) is 11.5 Å². The van der Waals surface area contributed by atoms with Crippen molar-refractivity contribution in [1.29, 1.82) is 0 Å². The Bertz CT molecular complexity index is 720. The first-order valence-corrected chi connectivity index (χ1v) is 8.82. The lowest BCUT2D eigenvalue weighted by atomic mass is 10.1. The van der Waals surface area contributed by atoms with E-state index in [9.17, 15) is 4.79 Å². The second-order valence-corrected chi connectivity index (χ2v) is 6.45. The molecule has 2 aromatic rings. The first-order chi connectivity index (χ1) is 12.0. The zero-order valence-electron chi connectivity index (χ0n) is 14.3. The van der Waals surface area contributed by atoms with Crippen molar-refractivity contribution in [1.82, 2.24) is 5.32 Å². The number of halogens is 1. The van der Waals surface area contributed by atoms with Crippen molar-refractivity contribution >= 4 is 21.8 Å². The Morgan fingerprint density at radius 1 is 1.28 bits per heavy atom. The topological polar surface area (TPSA) is 67.8 Å². The third kappa shape index (κ3) is 5.47. The maximum atomic E-state index is 12.5. The van der Waals surface area contributed by atoms with Crippen molar-refractivity contribution in [2.24, 2.45) is 0 Å². The van der Waals surface area contributed by atoms with E-state index < -0.39 is 0 Å². The molecular formula is C19H22BrNO4. The Morgan fingerprint density at radius 3 is 2.80 bits per heavy atom. The molecule has 25 heavy (non-hydrogen) atoms. The number of hydrogen-bond donors (Lipinski definition) is 2. The number of hydrogen-bond acceptors (Lipinski definition) is 4. The van der Waals surface area contributed by atoms with Crippen LogP contribution in [0.1, 0.15) is 35.3 Å². The average molecular weight is 408 g/mol. The molecule has 0 bridgehead atoms. The third-order valence-corrected chi connectivity index (χ3v) is 4.17. The molecule has 0 fully saturated rings. The van der Waals surface area contributed by atoms with Crippen LogP contribution in [0.15, 0.2) is 46.9 Å². The molecule has 1 amide bonds. The summed E-state index contributed by atoms with van der Waals surface area (Å²) in [4.78, 5) is 12.5. The molecule has 0 aliphatic carbocycles. The number of rotatable bonds is 8. The Balaban J connectivity index is 2.13. The van der Waals surface area contributed by atoms with Crippen LogP contribution in [0.3, 0.4) is 0 Å². The lowest BCUT2D eigenvalue weighted by molar-refractivity contribution is 0.0939. The second kappa shape index (κ2) is 9.44. The van der Waals surface area contributed by atoms with Crippen molar-refractivity contribution < 1.29 is 19.4 Å². The molecule has 0 saturated heterocycles. The quantitative estimate of drug-likeness (QED) is 0.654. The van der Waals surface area contributed by atoms with Gasteiger partial charge < -0.3 is 19.9 Å². The van der Waals surface area contributed by atoms with Crippen LogP contribution in [0, 0.1) is 0 Å². The Morgan fingerprint density at radius 2 is 2.08 bits per heavy atom. The zero-order valence-corrected chi connectivity index (χ0v) is 15.9. The summed E-state index contributed by atoms with van der Waals surface area (Å²) in [6, 6.07) is 12.4. The number of carbonyl (C=O) groups excluding carboxylic acids is 1. The molecule has 0 aliphatic rings. The highest BCUT2D eigenvalue weighted by molar-refractivity contribution is 9.10. The molecule has 1 atom stereocenters. The van der Waals surface area contributed by atoms with E-state index in [1.54, 1.807) is 31.4 Å². The fourth-order valence-corrected chi connectivity index (χ4v) is 2.70. The average Bonchev–Trinajstić information content (AvgIpc) is 2.62. The van der Waals surface area contributed by atoms with Crippen molar-refractivity contribution in [3.05, 3.63) is 58.1 Å². The van der Waals surface area contributed by atoms with Crippen LogP contribution >= 0.6 is 15.9 Å². The normalized spacial score (nSPS) is 11.7. The van der Waals surface area contributed by atoms with E-state index in [4.69, 9.17) is 14.6 Å². The highest BCUT2D eigenvalue weighted by Crippen LogP contribution is 2.29. The van der Waals surface area contributed by atoms with Crippen molar-refractivity contribution in [2.75, 3.05) is 20.3 Å². The molecule has 5 nitrogen and oxygen atoms in total. The minimum absolute atomic E-state index is 0.0749. The van der Waals surface area contributed by atoms with Gasteiger partial charge in [0.05, 0.1) is 19.8 Å². The second-order valence-electron chi connectivity index (χ2n) is 5.53. The third-order valence-electron chi connectivity index (χ3n) is 3.68. The van der Waals surface area contributed by atoms with E-state index in [0.717, 1.165) is 10.0 Å². The number of aliphatic hydroxyl groups is 1. The first kappa shape index (κ1) is 19.3. The molecule has 0 unspecified atom stereocenters. The minimum atomic E-state index is -0.240. The molecule has 0 spiro atoms. The highest BCUT2D eigenvalue weighted by atomic mass is 79.9. The van der Waals surface area contributed by atoms with Crippen LogP contribution in [0.4, 0.5) is 0 Å². The number of ether oxygens (including phenoxy) is 2. The number of methoxy groups -OCH3 is 1. The predicted molar refractivity (Wildman–Crippen MR) is 100 cm³/mol. The summed E-state index contributed by atoms with van der Waals surface area (Å²) < 4.78 is 11.8. The van der Waals surface area contributed by atoms with E-state index in [1.807, 2.05) is 25.1 Å². The SMILES string of the molecule is COc1cccc(C(=O)N[C@@H](C)c2ccc(Br)cc2OCCCO)c1. The monoisotopic (exact) mass is 407 g/mol. The van der Waals surface area contributed by atoms with Gasteiger partial charge in [-0.15, -0.1) is 0 Å². The van der Waals surface area contributed by atoms with Gasteiger partial charge in [-0.3, -0.25) is 4.79 Å². The standard InChI is InChI=1S/C19H22BrNO4/c1-13(21-19(23)14-5-3-6-16(11-14)24-2)17-8-7-15(20)12-18(17)25-10-4-9-22/h3,5-8,11-13,22H,4,9-10H2,1-2H3,(H,21,23)/t13-/m0/s1. The molecule has 0 heterocycles. The van der Waals surface area contributed by atoms with Gasteiger partial charge in [-0.2, -0.15) is 0 Å². The van der Waals surface area contributed by atoms with Gasteiger partial charge >= 0.3 is 0 Å².